The zero-order valence-corrected chi connectivity index (χ0v) is 16.5. The highest BCUT2D eigenvalue weighted by Gasteiger charge is 2.47. The highest BCUT2D eigenvalue weighted by atomic mass is 16.5. The molecule has 3 heteroatoms. The van der Waals surface area contributed by atoms with E-state index in [1.807, 2.05) is 6.08 Å². The molecule has 0 amide bonds. The van der Waals surface area contributed by atoms with Crippen molar-refractivity contribution in [2.24, 2.45) is 5.41 Å². The van der Waals surface area contributed by atoms with Crippen LogP contribution in [-0.2, 0) is 14.3 Å². The molecule has 0 bridgehead atoms. The Morgan fingerprint density at radius 3 is 2.20 bits per heavy atom. The van der Waals surface area contributed by atoms with Crippen LogP contribution in [0, 0.1) is 5.41 Å². The maximum absolute atomic E-state index is 12.7. The van der Waals surface area contributed by atoms with E-state index in [1.54, 1.807) is 0 Å². The van der Waals surface area contributed by atoms with Crippen molar-refractivity contribution in [3.63, 3.8) is 0 Å². The number of esters is 1. The third-order valence-electron chi connectivity index (χ3n) is 5.55. The van der Waals surface area contributed by atoms with Crippen LogP contribution >= 0.6 is 0 Å². The Morgan fingerprint density at radius 2 is 1.68 bits per heavy atom. The Morgan fingerprint density at radius 1 is 1.12 bits per heavy atom. The van der Waals surface area contributed by atoms with Gasteiger partial charge in [-0.3, -0.25) is 9.59 Å². The number of rotatable bonds is 14. The van der Waals surface area contributed by atoms with Crippen LogP contribution in [0.2, 0.25) is 0 Å². The largest absolute Gasteiger partial charge is 0.455 e. The van der Waals surface area contributed by atoms with Gasteiger partial charge in [0.15, 0.2) is 11.9 Å². The third kappa shape index (κ3) is 7.75. The second-order valence-electron chi connectivity index (χ2n) is 7.71. The summed E-state index contributed by atoms with van der Waals surface area (Å²) in [6.07, 6.45) is 17.4. The van der Waals surface area contributed by atoms with E-state index in [0.29, 0.717) is 12.8 Å². The fourth-order valence-electron chi connectivity index (χ4n) is 4.10. The molecule has 2 unspecified atom stereocenters. The van der Waals surface area contributed by atoms with Gasteiger partial charge in [0.1, 0.15) is 0 Å². The van der Waals surface area contributed by atoms with E-state index in [4.69, 9.17) is 4.74 Å². The molecule has 3 nitrogen and oxygen atoms in total. The van der Waals surface area contributed by atoms with Crippen molar-refractivity contribution in [1.82, 2.24) is 0 Å². The standard InChI is InChI=1S/C22H38O3/c1-4-6-7-8-9-10-11-12-13-14-17-22(16-5-2)18-15-20(21(22)24)25-19(3)23/h5,20H,2,4,6-18H2,1,3H3. The van der Waals surface area contributed by atoms with Gasteiger partial charge in [0.25, 0.3) is 0 Å². The lowest BCUT2D eigenvalue weighted by Crippen LogP contribution is -2.32. The van der Waals surface area contributed by atoms with Crippen LogP contribution in [0.1, 0.15) is 104 Å². The minimum Gasteiger partial charge on any atom is -0.455 e. The van der Waals surface area contributed by atoms with Gasteiger partial charge < -0.3 is 4.74 Å². The average molecular weight is 351 g/mol. The summed E-state index contributed by atoms with van der Waals surface area (Å²) in [5, 5.41) is 0. The van der Waals surface area contributed by atoms with Gasteiger partial charge in [-0.15, -0.1) is 6.58 Å². The molecule has 0 N–H and O–H groups in total. The molecule has 0 heterocycles. The van der Waals surface area contributed by atoms with Crippen LogP contribution < -0.4 is 0 Å². The van der Waals surface area contributed by atoms with Gasteiger partial charge in [-0.25, -0.2) is 0 Å². The van der Waals surface area contributed by atoms with Crippen LogP contribution in [0.3, 0.4) is 0 Å². The molecule has 0 aromatic heterocycles. The van der Waals surface area contributed by atoms with Crippen molar-refractivity contribution in [3.05, 3.63) is 12.7 Å². The van der Waals surface area contributed by atoms with E-state index < -0.39 is 6.10 Å². The Kier molecular flexibility index (Phi) is 10.8. The van der Waals surface area contributed by atoms with Gasteiger partial charge >= 0.3 is 5.97 Å². The lowest BCUT2D eigenvalue weighted by atomic mass is 9.77. The van der Waals surface area contributed by atoms with Crippen molar-refractivity contribution in [1.29, 1.82) is 0 Å². The number of ketones is 1. The zero-order chi connectivity index (χ0) is 18.5. The summed E-state index contributed by atoms with van der Waals surface area (Å²) in [4.78, 5) is 23.9. The SMILES string of the molecule is C=CCC1(CCCCCCCCCCCC)CCC(OC(C)=O)C1=O. The van der Waals surface area contributed by atoms with E-state index >= 15 is 0 Å². The van der Waals surface area contributed by atoms with Crippen LogP contribution in [0.15, 0.2) is 12.7 Å². The molecule has 1 aliphatic rings. The smallest absolute Gasteiger partial charge is 0.303 e. The molecule has 0 aliphatic heterocycles. The fourth-order valence-corrected chi connectivity index (χ4v) is 4.10. The first kappa shape index (κ1) is 21.9. The number of Topliss-reactive ketones (excluding diaryl/α,β-unsaturated/α-hetero) is 1. The number of carbonyl (C=O) groups is 2. The molecule has 0 spiro atoms. The van der Waals surface area contributed by atoms with Crippen molar-refractivity contribution in [2.45, 2.75) is 110 Å². The van der Waals surface area contributed by atoms with E-state index in [1.165, 1.54) is 64.7 Å². The molecule has 1 aliphatic carbocycles. The van der Waals surface area contributed by atoms with Crippen molar-refractivity contribution in [2.75, 3.05) is 0 Å². The molecule has 2 atom stereocenters. The Labute approximate surface area is 154 Å². The summed E-state index contributed by atoms with van der Waals surface area (Å²) in [5.41, 5.74) is -0.331. The highest BCUT2D eigenvalue weighted by molar-refractivity contribution is 5.92. The van der Waals surface area contributed by atoms with E-state index in [-0.39, 0.29) is 17.2 Å². The summed E-state index contributed by atoms with van der Waals surface area (Å²) in [6.45, 7) is 7.46. The normalized spacial score (nSPS) is 23.0. The zero-order valence-electron chi connectivity index (χ0n) is 16.5. The second kappa shape index (κ2) is 12.3. The Balaban J connectivity index is 2.24. The van der Waals surface area contributed by atoms with Crippen LogP contribution in [0.25, 0.3) is 0 Å². The van der Waals surface area contributed by atoms with Gasteiger partial charge in [0.05, 0.1) is 0 Å². The van der Waals surface area contributed by atoms with Crippen molar-refractivity contribution in [3.8, 4) is 0 Å². The molecule has 1 saturated carbocycles. The predicted octanol–water partition coefficient (Wildman–Crippen LogP) is 6.15. The summed E-state index contributed by atoms with van der Waals surface area (Å²) >= 11 is 0. The summed E-state index contributed by atoms with van der Waals surface area (Å²) in [6, 6.07) is 0. The van der Waals surface area contributed by atoms with Crippen molar-refractivity contribution >= 4 is 11.8 Å². The highest BCUT2D eigenvalue weighted by Crippen LogP contribution is 2.44. The molecule has 0 aromatic carbocycles. The third-order valence-corrected chi connectivity index (χ3v) is 5.55. The van der Waals surface area contributed by atoms with Gasteiger partial charge in [-0.1, -0.05) is 77.2 Å². The van der Waals surface area contributed by atoms with Gasteiger partial charge in [-0.05, 0) is 25.7 Å². The van der Waals surface area contributed by atoms with Crippen LogP contribution in [-0.4, -0.2) is 17.9 Å². The molecular formula is C22H38O3. The summed E-state index contributed by atoms with van der Waals surface area (Å²) in [7, 11) is 0. The lowest BCUT2D eigenvalue weighted by molar-refractivity contribution is -0.153. The summed E-state index contributed by atoms with van der Waals surface area (Å²) in [5.74, 6) is -0.231. The van der Waals surface area contributed by atoms with E-state index in [2.05, 4.69) is 13.5 Å². The molecule has 1 rings (SSSR count). The molecular weight excluding hydrogens is 312 g/mol. The number of ether oxygens (including phenoxy) is 1. The molecule has 25 heavy (non-hydrogen) atoms. The average Bonchev–Trinajstić information content (AvgIpc) is 2.86. The minimum absolute atomic E-state index is 0.124. The van der Waals surface area contributed by atoms with Crippen molar-refractivity contribution < 1.29 is 14.3 Å². The molecule has 0 radical (unpaired) electrons. The second-order valence-corrected chi connectivity index (χ2v) is 7.71. The summed E-state index contributed by atoms with van der Waals surface area (Å²) < 4.78 is 5.20. The van der Waals surface area contributed by atoms with E-state index in [9.17, 15) is 9.59 Å². The number of unbranched alkanes of at least 4 members (excludes halogenated alkanes) is 9. The van der Waals surface area contributed by atoms with Crippen LogP contribution in [0.4, 0.5) is 0 Å². The number of allylic oxidation sites excluding steroid dienone is 1. The molecule has 0 aromatic rings. The fraction of sp³-hybridized carbons (Fsp3) is 0.818. The maximum atomic E-state index is 12.7. The number of hydrogen-bond acceptors (Lipinski definition) is 3. The number of hydrogen-bond donors (Lipinski definition) is 0. The Bertz CT molecular complexity index is 415. The number of carbonyl (C=O) groups excluding carboxylic acids is 2. The maximum Gasteiger partial charge on any atom is 0.303 e. The minimum atomic E-state index is -0.527. The first-order chi connectivity index (χ1) is 12.1. The van der Waals surface area contributed by atoms with Crippen LogP contribution in [0.5, 0.6) is 0 Å². The quantitative estimate of drug-likeness (QED) is 0.214. The Hall–Kier alpha value is -1.12. The lowest BCUT2D eigenvalue weighted by Gasteiger charge is -2.26. The monoisotopic (exact) mass is 350 g/mol. The molecule has 1 fully saturated rings. The first-order valence-electron chi connectivity index (χ1n) is 10.4. The molecule has 0 saturated heterocycles. The van der Waals surface area contributed by atoms with Gasteiger partial charge in [0.2, 0.25) is 0 Å². The first-order valence-corrected chi connectivity index (χ1v) is 10.4. The van der Waals surface area contributed by atoms with Gasteiger partial charge in [0, 0.05) is 12.3 Å². The molecule has 144 valence electrons. The van der Waals surface area contributed by atoms with Gasteiger partial charge in [-0.2, -0.15) is 0 Å². The topological polar surface area (TPSA) is 43.4 Å². The predicted molar refractivity (Wildman–Crippen MR) is 104 cm³/mol. The van der Waals surface area contributed by atoms with E-state index in [0.717, 1.165) is 19.3 Å².